The SMILES string of the molecule is Cc1nn(C)c(C)c1C(=O)NNc1cccc(Cl)c1. The Morgan fingerprint density at radius 1 is 1.37 bits per heavy atom. The zero-order valence-corrected chi connectivity index (χ0v) is 11.7. The van der Waals surface area contributed by atoms with Crippen molar-refractivity contribution in [2.75, 3.05) is 5.43 Å². The number of hydrogen-bond donors (Lipinski definition) is 2. The Morgan fingerprint density at radius 2 is 2.11 bits per heavy atom. The van der Waals surface area contributed by atoms with Gasteiger partial charge in [-0.05, 0) is 32.0 Å². The Balaban J connectivity index is 2.10. The van der Waals surface area contributed by atoms with Gasteiger partial charge in [-0.25, -0.2) is 0 Å². The minimum Gasteiger partial charge on any atom is -0.298 e. The molecule has 2 rings (SSSR count). The molecule has 0 saturated carbocycles. The van der Waals surface area contributed by atoms with Crippen LogP contribution in [0.3, 0.4) is 0 Å². The highest BCUT2D eigenvalue weighted by atomic mass is 35.5. The third-order valence-corrected chi connectivity index (χ3v) is 3.12. The molecule has 0 spiro atoms. The molecule has 0 saturated heterocycles. The smallest absolute Gasteiger partial charge is 0.273 e. The lowest BCUT2D eigenvalue weighted by molar-refractivity contribution is 0.0961. The van der Waals surface area contributed by atoms with Gasteiger partial charge in [0.15, 0.2) is 0 Å². The molecule has 6 heteroatoms. The molecular formula is C13H15ClN4O. The fraction of sp³-hybridized carbons (Fsp3) is 0.231. The van der Waals surface area contributed by atoms with Crippen molar-refractivity contribution in [3.63, 3.8) is 0 Å². The third kappa shape index (κ3) is 2.88. The van der Waals surface area contributed by atoms with Crippen molar-refractivity contribution < 1.29 is 4.79 Å². The second kappa shape index (κ2) is 5.32. The highest BCUT2D eigenvalue weighted by Crippen LogP contribution is 2.15. The number of carbonyl (C=O) groups is 1. The molecule has 1 heterocycles. The van der Waals surface area contributed by atoms with E-state index in [0.717, 1.165) is 11.4 Å². The lowest BCUT2D eigenvalue weighted by atomic mass is 10.2. The molecule has 100 valence electrons. The topological polar surface area (TPSA) is 59.0 Å². The van der Waals surface area contributed by atoms with Gasteiger partial charge in [-0.1, -0.05) is 17.7 Å². The van der Waals surface area contributed by atoms with Crippen LogP contribution >= 0.6 is 11.6 Å². The standard InChI is InChI=1S/C13H15ClN4O/c1-8-12(9(2)18(3)17-8)13(19)16-15-11-6-4-5-10(14)7-11/h4-7,15H,1-3H3,(H,16,19). The number of aryl methyl sites for hydroxylation is 2. The number of hydrogen-bond acceptors (Lipinski definition) is 3. The summed E-state index contributed by atoms with van der Waals surface area (Å²) in [4.78, 5) is 12.1. The third-order valence-electron chi connectivity index (χ3n) is 2.88. The van der Waals surface area contributed by atoms with Crippen molar-refractivity contribution in [1.29, 1.82) is 0 Å². The summed E-state index contributed by atoms with van der Waals surface area (Å²) in [5.74, 6) is -0.219. The number of nitrogens with zero attached hydrogens (tertiary/aromatic N) is 2. The van der Waals surface area contributed by atoms with E-state index >= 15 is 0 Å². The second-order valence-corrected chi connectivity index (χ2v) is 4.70. The number of amides is 1. The highest BCUT2D eigenvalue weighted by molar-refractivity contribution is 6.30. The monoisotopic (exact) mass is 278 g/mol. The van der Waals surface area contributed by atoms with Crippen molar-refractivity contribution in [3.8, 4) is 0 Å². The van der Waals surface area contributed by atoms with Crippen molar-refractivity contribution in [1.82, 2.24) is 15.2 Å². The Kier molecular flexibility index (Phi) is 3.76. The number of benzene rings is 1. The van der Waals surface area contributed by atoms with Gasteiger partial charge in [-0.3, -0.25) is 20.3 Å². The van der Waals surface area contributed by atoms with E-state index in [1.165, 1.54) is 0 Å². The van der Waals surface area contributed by atoms with Gasteiger partial charge in [-0.2, -0.15) is 5.10 Å². The fourth-order valence-corrected chi connectivity index (χ4v) is 2.05. The summed E-state index contributed by atoms with van der Waals surface area (Å²) in [6, 6.07) is 7.11. The molecule has 0 bridgehead atoms. The number of carbonyl (C=O) groups excluding carboxylic acids is 1. The van der Waals surface area contributed by atoms with Crippen LogP contribution in [-0.2, 0) is 7.05 Å². The number of nitrogens with one attached hydrogen (secondary N) is 2. The number of halogens is 1. The van der Waals surface area contributed by atoms with E-state index in [1.807, 2.05) is 20.0 Å². The molecule has 1 amide bonds. The van der Waals surface area contributed by atoms with Crippen LogP contribution in [0.5, 0.6) is 0 Å². The fourth-order valence-electron chi connectivity index (χ4n) is 1.86. The van der Waals surface area contributed by atoms with Crippen molar-refractivity contribution >= 4 is 23.2 Å². The van der Waals surface area contributed by atoms with E-state index < -0.39 is 0 Å². The van der Waals surface area contributed by atoms with Gasteiger partial charge in [0.05, 0.1) is 16.9 Å². The first-order valence-electron chi connectivity index (χ1n) is 5.81. The van der Waals surface area contributed by atoms with Crippen LogP contribution in [0.4, 0.5) is 5.69 Å². The van der Waals surface area contributed by atoms with Gasteiger partial charge in [0, 0.05) is 17.8 Å². The highest BCUT2D eigenvalue weighted by Gasteiger charge is 2.16. The van der Waals surface area contributed by atoms with Crippen LogP contribution in [0, 0.1) is 13.8 Å². The molecule has 19 heavy (non-hydrogen) atoms. The van der Waals surface area contributed by atoms with Crippen LogP contribution in [-0.4, -0.2) is 15.7 Å². The predicted molar refractivity (Wildman–Crippen MR) is 75.2 cm³/mol. The van der Waals surface area contributed by atoms with Gasteiger partial charge < -0.3 is 0 Å². The molecule has 0 fully saturated rings. The predicted octanol–water partition coefficient (Wildman–Crippen LogP) is 2.45. The molecule has 0 radical (unpaired) electrons. The maximum atomic E-state index is 12.1. The van der Waals surface area contributed by atoms with Crippen molar-refractivity contribution in [2.24, 2.45) is 7.05 Å². The summed E-state index contributed by atoms with van der Waals surface area (Å²) in [6.45, 7) is 3.66. The first kappa shape index (κ1) is 13.4. The van der Waals surface area contributed by atoms with E-state index in [0.29, 0.717) is 16.3 Å². The van der Waals surface area contributed by atoms with Crippen LogP contribution in [0.25, 0.3) is 0 Å². The molecule has 5 nitrogen and oxygen atoms in total. The maximum absolute atomic E-state index is 12.1. The van der Waals surface area contributed by atoms with Crippen molar-refractivity contribution in [3.05, 3.63) is 46.2 Å². The first-order chi connectivity index (χ1) is 8.99. The van der Waals surface area contributed by atoms with Gasteiger partial charge in [-0.15, -0.1) is 0 Å². The molecule has 0 aliphatic carbocycles. The second-order valence-electron chi connectivity index (χ2n) is 4.26. The molecule has 0 unspecified atom stereocenters. The summed E-state index contributed by atoms with van der Waals surface area (Å²) in [7, 11) is 1.81. The summed E-state index contributed by atoms with van der Waals surface area (Å²) in [5, 5.41) is 4.81. The number of aromatic nitrogens is 2. The number of hydrazine groups is 1. The quantitative estimate of drug-likeness (QED) is 0.848. The molecule has 2 aromatic rings. The zero-order valence-electron chi connectivity index (χ0n) is 11.0. The lowest BCUT2D eigenvalue weighted by Crippen LogP contribution is -2.30. The van der Waals surface area contributed by atoms with Crippen LogP contribution < -0.4 is 10.9 Å². The molecular weight excluding hydrogens is 264 g/mol. The Labute approximate surface area is 116 Å². The van der Waals surface area contributed by atoms with Gasteiger partial charge in [0.2, 0.25) is 0 Å². The van der Waals surface area contributed by atoms with E-state index in [-0.39, 0.29) is 5.91 Å². The maximum Gasteiger partial charge on any atom is 0.273 e. The van der Waals surface area contributed by atoms with Crippen LogP contribution in [0.15, 0.2) is 24.3 Å². The Hall–Kier alpha value is -2.01. The largest absolute Gasteiger partial charge is 0.298 e. The zero-order chi connectivity index (χ0) is 14.0. The minimum atomic E-state index is -0.219. The lowest BCUT2D eigenvalue weighted by Gasteiger charge is -2.09. The average Bonchev–Trinajstić information content (AvgIpc) is 2.61. The van der Waals surface area contributed by atoms with E-state index in [2.05, 4.69) is 16.0 Å². The van der Waals surface area contributed by atoms with E-state index in [9.17, 15) is 4.79 Å². The van der Waals surface area contributed by atoms with Crippen molar-refractivity contribution in [2.45, 2.75) is 13.8 Å². The summed E-state index contributed by atoms with van der Waals surface area (Å²) >= 11 is 5.86. The number of anilines is 1. The van der Waals surface area contributed by atoms with Gasteiger partial charge >= 0.3 is 0 Å². The van der Waals surface area contributed by atoms with Crippen LogP contribution in [0.2, 0.25) is 5.02 Å². The van der Waals surface area contributed by atoms with Gasteiger partial charge in [0.25, 0.3) is 5.91 Å². The summed E-state index contributed by atoms with van der Waals surface area (Å²) in [6.07, 6.45) is 0. The Bertz CT molecular complexity index is 621. The van der Waals surface area contributed by atoms with E-state index in [4.69, 9.17) is 11.6 Å². The molecule has 0 atom stereocenters. The molecule has 0 aliphatic rings. The normalized spacial score (nSPS) is 10.3. The number of rotatable bonds is 3. The summed E-state index contributed by atoms with van der Waals surface area (Å²) < 4.78 is 1.68. The summed E-state index contributed by atoms with van der Waals surface area (Å²) in [5.41, 5.74) is 8.29. The van der Waals surface area contributed by atoms with Gasteiger partial charge in [0.1, 0.15) is 0 Å². The molecule has 1 aromatic carbocycles. The molecule has 1 aromatic heterocycles. The first-order valence-corrected chi connectivity index (χ1v) is 6.19. The van der Waals surface area contributed by atoms with Crippen LogP contribution in [0.1, 0.15) is 21.7 Å². The van der Waals surface area contributed by atoms with E-state index in [1.54, 1.807) is 29.8 Å². The Morgan fingerprint density at radius 3 is 2.68 bits per heavy atom. The minimum absolute atomic E-state index is 0.219. The average molecular weight is 279 g/mol. The molecule has 0 aliphatic heterocycles. The molecule has 2 N–H and O–H groups in total.